The first kappa shape index (κ1) is 18.7. The molecule has 146 valence electrons. The Hall–Kier alpha value is -2.60. The number of piperidine rings is 1. The van der Waals surface area contributed by atoms with Crippen molar-refractivity contribution in [3.63, 3.8) is 0 Å². The maximum absolute atomic E-state index is 12.9. The van der Waals surface area contributed by atoms with Crippen LogP contribution in [0.2, 0.25) is 0 Å². The molecule has 3 heterocycles. The van der Waals surface area contributed by atoms with Crippen LogP contribution >= 0.6 is 11.3 Å². The molecule has 1 aromatic carbocycles. The summed E-state index contributed by atoms with van der Waals surface area (Å²) in [5.41, 5.74) is 2.92. The van der Waals surface area contributed by atoms with Gasteiger partial charge < -0.3 is 14.8 Å². The summed E-state index contributed by atoms with van der Waals surface area (Å²) in [6, 6.07) is 14.0. The molecule has 28 heavy (non-hydrogen) atoms. The van der Waals surface area contributed by atoms with E-state index in [9.17, 15) is 9.59 Å². The molecule has 0 radical (unpaired) electrons. The Kier molecular flexibility index (Phi) is 5.22. The minimum atomic E-state index is -0.0351. The van der Waals surface area contributed by atoms with E-state index in [2.05, 4.69) is 5.32 Å². The molecule has 1 unspecified atom stereocenters. The lowest BCUT2D eigenvalue weighted by atomic mass is 9.95. The van der Waals surface area contributed by atoms with Crippen molar-refractivity contribution in [2.45, 2.75) is 25.8 Å². The molecule has 0 bridgehead atoms. The number of hydrogen-bond acceptors (Lipinski definition) is 3. The zero-order valence-corrected chi connectivity index (χ0v) is 17.0. The molecule has 5 nitrogen and oxygen atoms in total. The van der Waals surface area contributed by atoms with E-state index < -0.39 is 0 Å². The van der Waals surface area contributed by atoms with Crippen molar-refractivity contribution in [2.24, 2.45) is 13.0 Å². The molecule has 1 atom stereocenters. The van der Waals surface area contributed by atoms with Gasteiger partial charge in [-0.1, -0.05) is 30.3 Å². The summed E-state index contributed by atoms with van der Waals surface area (Å²) in [6.45, 7) is 3.25. The zero-order chi connectivity index (χ0) is 19.7. The predicted octanol–water partition coefficient (Wildman–Crippen LogP) is 3.97. The largest absolute Gasteiger partial charge is 0.349 e. The van der Waals surface area contributed by atoms with Gasteiger partial charge >= 0.3 is 0 Å². The van der Waals surface area contributed by atoms with Gasteiger partial charge in [-0.2, -0.15) is 0 Å². The number of hydrogen-bond donors (Lipinski definition) is 1. The quantitative estimate of drug-likeness (QED) is 0.727. The second-order valence-corrected chi connectivity index (χ2v) is 8.41. The number of carbonyl (C=O) groups excluding carboxylic acids is 2. The van der Waals surface area contributed by atoms with Crippen molar-refractivity contribution in [3.8, 4) is 0 Å². The van der Waals surface area contributed by atoms with Gasteiger partial charge in [-0.05, 0) is 42.8 Å². The van der Waals surface area contributed by atoms with Gasteiger partial charge in [0.1, 0.15) is 5.69 Å². The average molecular weight is 396 g/mol. The molecule has 1 N–H and O–H groups in total. The maximum atomic E-state index is 12.9. The Labute approximate surface area is 169 Å². The summed E-state index contributed by atoms with van der Waals surface area (Å²) < 4.78 is 3.10. The van der Waals surface area contributed by atoms with E-state index in [1.54, 1.807) is 11.3 Å². The molecule has 0 spiro atoms. The van der Waals surface area contributed by atoms with E-state index in [1.165, 1.54) is 0 Å². The van der Waals surface area contributed by atoms with Crippen LogP contribution in [0.25, 0.3) is 10.2 Å². The van der Waals surface area contributed by atoms with Crippen LogP contribution in [-0.2, 0) is 11.8 Å². The summed E-state index contributed by atoms with van der Waals surface area (Å²) >= 11 is 1.65. The van der Waals surface area contributed by atoms with E-state index in [1.807, 2.05) is 71.3 Å². The summed E-state index contributed by atoms with van der Waals surface area (Å²) in [7, 11) is 1.94. The van der Waals surface area contributed by atoms with Crippen LogP contribution < -0.4 is 5.32 Å². The van der Waals surface area contributed by atoms with Gasteiger partial charge in [-0.3, -0.25) is 9.59 Å². The van der Waals surface area contributed by atoms with Crippen molar-refractivity contribution >= 4 is 33.4 Å². The minimum absolute atomic E-state index is 0.00956. The van der Waals surface area contributed by atoms with Crippen LogP contribution in [0.15, 0.2) is 47.8 Å². The number of benzene rings is 1. The summed E-state index contributed by atoms with van der Waals surface area (Å²) in [4.78, 5) is 27.5. The molecule has 1 aliphatic heterocycles. The highest BCUT2D eigenvalue weighted by Gasteiger charge is 2.29. The van der Waals surface area contributed by atoms with Crippen LogP contribution in [0.5, 0.6) is 0 Å². The number of aromatic nitrogens is 1. The van der Waals surface area contributed by atoms with Gasteiger partial charge in [0.05, 0.1) is 16.3 Å². The molecule has 3 aromatic rings. The Morgan fingerprint density at radius 3 is 2.54 bits per heavy atom. The lowest BCUT2D eigenvalue weighted by Crippen LogP contribution is -2.43. The standard InChI is InChI=1S/C22H25N3O2S/c1-15(16-6-4-3-5-7-16)23-21(26)17-8-11-25(12-9-17)22(27)19-14-20-18(24(19)2)10-13-28-20/h3-7,10,13-15,17H,8-9,11-12H2,1-2H3,(H,23,26). The third kappa shape index (κ3) is 3.56. The van der Waals surface area contributed by atoms with E-state index >= 15 is 0 Å². The fourth-order valence-corrected chi connectivity index (χ4v) is 4.77. The van der Waals surface area contributed by atoms with E-state index in [0.29, 0.717) is 25.9 Å². The molecule has 1 saturated heterocycles. The molecule has 0 aliphatic carbocycles. The van der Waals surface area contributed by atoms with Gasteiger partial charge in [0.25, 0.3) is 5.91 Å². The van der Waals surface area contributed by atoms with Crippen LogP contribution in [0.3, 0.4) is 0 Å². The Morgan fingerprint density at radius 1 is 1.14 bits per heavy atom. The smallest absolute Gasteiger partial charge is 0.270 e. The maximum Gasteiger partial charge on any atom is 0.270 e. The van der Waals surface area contributed by atoms with E-state index in [4.69, 9.17) is 0 Å². The van der Waals surface area contributed by atoms with Crippen molar-refractivity contribution in [3.05, 3.63) is 59.1 Å². The molecule has 1 fully saturated rings. The topological polar surface area (TPSA) is 54.3 Å². The highest BCUT2D eigenvalue weighted by atomic mass is 32.1. The normalized spacial score (nSPS) is 16.3. The Morgan fingerprint density at radius 2 is 1.86 bits per heavy atom. The van der Waals surface area contributed by atoms with Crippen molar-refractivity contribution in [2.75, 3.05) is 13.1 Å². The first-order chi connectivity index (χ1) is 13.5. The second-order valence-electron chi connectivity index (χ2n) is 7.47. The number of aryl methyl sites for hydroxylation is 1. The highest BCUT2D eigenvalue weighted by Crippen LogP contribution is 2.26. The van der Waals surface area contributed by atoms with E-state index in [0.717, 1.165) is 21.5 Å². The highest BCUT2D eigenvalue weighted by molar-refractivity contribution is 7.17. The number of rotatable bonds is 4. The Bertz CT molecular complexity index is 984. The number of nitrogens with zero attached hydrogens (tertiary/aromatic N) is 2. The molecular weight excluding hydrogens is 370 g/mol. The summed E-state index contributed by atoms with van der Waals surface area (Å²) in [6.07, 6.45) is 1.41. The van der Waals surface area contributed by atoms with Crippen LogP contribution in [0.4, 0.5) is 0 Å². The molecule has 0 saturated carbocycles. The number of fused-ring (bicyclic) bond motifs is 1. The van der Waals surface area contributed by atoms with Gasteiger partial charge in [0, 0.05) is 26.1 Å². The predicted molar refractivity (Wildman–Crippen MR) is 112 cm³/mol. The number of amides is 2. The van der Waals surface area contributed by atoms with Gasteiger partial charge in [-0.15, -0.1) is 11.3 Å². The molecule has 6 heteroatoms. The van der Waals surface area contributed by atoms with Crippen LogP contribution in [0, 0.1) is 5.92 Å². The minimum Gasteiger partial charge on any atom is -0.349 e. The fourth-order valence-electron chi connectivity index (χ4n) is 3.92. The summed E-state index contributed by atoms with van der Waals surface area (Å²) in [5.74, 6) is 0.109. The molecule has 1 aliphatic rings. The fraction of sp³-hybridized carbons (Fsp3) is 0.364. The number of nitrogens with one attached hydrogen (secondary N) is 1. The first-order valence-corrected chi connectivity index (χ1v) is 10.6. The zero-order valence-electron chi connectivity index (χ0n) is 16.2. The number of thiophene rings is 1. The number of likely N-dealkylation sites (tertiary alicyclic amines) is 1. The van der Waals surface area contributed by atoms with Gasteiger partial charge in [0.2, 0.25) is 5.91 Å². The second kappa shape index (κ2) is 7.80. The van der Waals surface area contributed by atoms with Gasteiger partial charge in [0.15, 0.2) is 0 Å². The lowest BCUT2D eigenvalue weighted by molar-refractivity contribution is -0.127. The first-order valence-electron chi connectivity index (χ1n) is 9.72. The Balaban J connectivity index is 1.35. The number of carbonyl (C=O) groups is 2. The molecule has 4 rings (SSSR count). The van der Waals surface area contributed by atoms with E-state index in [-0.39, 0.29) is 23.8 Å². The lowest BCUT2D eigenvalue weighted by Gasteiger charge is -2.32. The van der Waals surface area contributed by atoms with Crippen molar-refractivity contribution in [1.29, 1.82) is 0 Å². The van der Waals surface area contributed by atoms with Crippen molar-refractivity contribution in [1.82, 2.24) is 14.8 Å². The molecular formula is C22H25N3O2S. The monoisotopic (exact) mass is 395 g/mol. The SMILES string of the molecule is CC(NC(=O)C1CCN(C(=O)c2cc3sccc3n2C)CC1)c1ccccc1. The third-order valence-electron chi connectivity index (χ3n) is 5.69. The van der Waals surface area contributed by atoms with Crippen LogP contribution in [0.1, 0.15) is 41.9 Å². The van der Waals surface area contributed by atoms with Crippen molar-refractivity contribution < 1.29 is 9.59 Å². The molecule has 2 aromatic heterocycles. The van der Waals surface area contributed by atoms with Gasteiger partial charge in [-0.25, -0.2) is 0 Å². The average Bonchev–Trinajstić information content (AvgIpc) is 3.31. The third-order valence-corrected chi connectivity index (χ3v) is 6.55. The summed E-state index contributed by atoms with van der Waals surface area (Å²) in [5, 5.41) is 5.16. The molecule has 2 amide bonds. The van der Waals surface area contributed by atoms with Crippen LogP contribution in [-0.4, -0.2) is 34.4 Å².